The van der Waals surface area contributed by atoms with Crippen molar-refractivity contribution in [2.45, 2.75) is 19.3 Å². The van der Waals surface area contributed by atoms with Crippen molar-refractivity contribution in [1.29, 1.82) is 0 Å². The number of nitrogens with zero attached hydrogens (tertiary/aromatic N) is 1. The summed E-state index contributed by atoms with van der Waals surface area (Å²) in [5.74, 6) is 0. The number of hydrogen-bond donors (Lipinski definition) is 1. The number of hydrogen-bond acceptors (Lipinski definition) is 4. The SMILES string of the molecule is NCCCOCCOCCCN1CCC1. The second-order valence-electron chi connectivity index (χ2n) is 3.92. The third-order valence-electron chi connectivity index (χ3n) is 2.58. The average Bonchev–Trinajstić information content (AvgIpc) is 2.18. The van der Waals surface area contributed by atoms with Crippen LogP contribution in [0, 0.1) is 0 Å². The van der Waals surface area contributed by atoms with E-state index in [9.17, 15) is 0 Å². The van der Waals surface area contributed by atoms with Crippen LogP contribution in [0.4, 0.5) is 0 Å². The van der Waals surface area contributed by atoms with Gasteiger partial charge in [0, 0.05) is 19.8 Å². The molecule has 0 amide bonds. The Morgan fingerprint density at radius 2 is 1.60 bits per heavy atom. The molecule has 4 nitrogen and oxygen atoms in total. The van der Waals surface area contributed by atoms with Crippen LogP contribution >= 0.6 is 0 Å². The highest BCUT2D eigenvalue weighted by Crippen LogP contribution is 2.05. The van der Waals surface area contributed by atoms with Gasteiger partial charge in [-0.25, -0.2) is 0 Å². The molecule has 0 radical (unpaired) electrons. The topological polar surface area (TPSA) is 47.7 Å². The Morgan fingerprint density at radius 3 is 2.13 bits per heavy atom. The van der Waals surface area contributed by atoms with Gasteiger partial charge in [0.15, 0.2) is 0 Å². The molecule has 0 aromatic rings. The minimum absolute atomic E-state index is 0.698. The third-order valence-corrected chi connectivity index (χ3v) is 2.58. The van der Waals surface area contributed by atoms with Crippen molar-refractivity contribution in [3.05, 3.63) is 0 Å². The van der Waals surface area contributed by atoms with E-state index >= 15 is 0 Å². The predicted octanol–water partition coefficient (Wildman–Crippen LogP) is 0.464. The minimum atomic E-state index is 0.698. The van der Waals surface area contributed by atoms with Crippen molar-refractivity contribution >= 4 is 0 Å². The Hall–Kier alpha value is -0.160. The van der Waals surface area contributed by atoms with Gasteiger partial charge in [-0.2, -0.15) is 0 Å². The first-order chi connectivity index (χ1) is 7.43. The molecule has 0 bridgehead atoms. The van der Waals surface area contributed by atoms with Crippen LogP contribution in [-0.2, 0) is 9.47 Å². The average molecular weight is 216 g/mol. The van der Waals surface area contributed by atoms with Gasteiger partial charge in [0.25, 0.3) is 0 Å². The van der Waals surface area contributed by atoms with Gasteiger partial charge in [-0.3, -0.25) is 0 Å². The van der Waals surface area contributed by atoms with Crippen LogP contribution in [0.5, 0.6) is 0 Å². The van der Waals surface area contributed by atoms with Gasteiger partial charge in [-0.15, -0.1) is 0 Å². The van der Waals surface area contributed by atoms with Crippen LogP contribution < -0.4 is 5.73 Å². The van der Waals surface area contributed by atoms with Crippen molar-refractivity contribution in [2.75, 3.05) is 52.6 Å². The smallest absolute Gasteiger partial charge is 0.0700 e. The van der Waals surface area contributed by atoms with Gasteiger partial charge in [0.05, 0.1) is 13.2 Å². The summed E-state index contributed by atoms with van der Waals surface area (Å²) < 4.78 is 10.8. The summed E-state index contributed by atoms with van der Waals surface area (Å²) in [6, 6.07) is 0. The Kier molecular flexibility index (Phi) is 7.83. The first-order valence-electron chi connectivity index (χ1n) is 6.01. The standard InChI is InChI=1S/C11H24N2O2/c12-4-1-8-14-10-11-15-9-3-7-13-5-2-6-13/h1-12H2. The summed E-state index contributed by atoms with van der Waals surface area (Å²) in [4.78, 5) is 2.46. The zero-order valence-corrected chi connectivity index (χ0v) is 9.62. The zero-order chi connectivity index (χ0) is 10.8. The van der Waals surface area contributed by atoms with Crippen LogP contribution in [0.15, 0.2) is 0 Å². The molecule has 1 saturated heterocycles. The highest BCUT2D eigenvalue weighted by atomic mass is 16.5. The molecule has 1 fully saturated rings. The molecule has 0 aromatic heterocycles. The second kappa shape index (κ2) is 9.09. The molecule has 1 rings (SSSR count). The normalized spacial score (nSPS) is 16.6. The van der Waals surface area contributed by atoms with Gasteiger partial charge in [-0.1, -0.05) is 0 Å². The lowest BCUT2D eigenvalue weighted by Crippen LogP contribution is -2.38. The molecule has 0 unspecified atom stereocenters. The van der Waals surface area contributed by atoms with E-state index in [2.05, 4.69) is 4.90 Å². The maximum Gasteiger partial charge on any atom is 0.0700 e. The van der Waals surface area contributed by atoms with E-state index in [1.807, 2.05) is 0 Å². The fraction of sp³-hybridized carbons (Fsp3) is 1.00. The summed E-state index contributed by atoms with van der Waals surface area (Å²) in [5, 5.41) is 0. The zero-order valence-electron chi connectivity index (χ0n) is 9.62. The molecule has 0 spiro atoms. The highest BCUT2D eigenvalue weighted by molar-refractivity contribution is 4.67. The van der Waals surface area contributed by atoms with Crippen LogP contribution in [0.25, 0.3) is 0 Å². The van der Waals surface area contributed by atoms with Gasteiger partial charge >= 0.3 is 0 Å². The van der Waals surface area contributed by atoms with E-state index in [1.54, 1.807) is 0 Å². The van der Waals surface area contributed by atoms with E-state index in [-0.39, 0.29) is 0 Å². The summed E-state index contributed by atoms with van der Waals surface area (Å²) in [5.41, 5.74) is 5.34. The number of rotatable bonds is 10. The molecule has 4 heteroatoms. The van der Waals surface area contributed by atoms with E-state index in [0.29, 0.717) is 19.8 Å². The van der Waals surface area contributed by atoms with Crippen LogP contribution in [0.1, 0.15) is 19.3 Å². The van der Waals surface area contributed by atoms with Gasteiger partial charge in [0.1, 0.15) is 0 Å². The van der Waals surface area contributed by atoms with Crippen molar-refractivity contribution in [3.8, 4) is 0 Å². The van der Waals surface area contributed by atoms with E-state index in [0.717, 1.165) is 26.1 Å². The van der Waals surface area contributed by atoms with E-state index < -0.39 is 0 Å². The molecule has 1 aliphatic heterocycles. The van der Waals surface area contributed by atoms with Gasteiger partial charge < -0.3 is 20.1 Å². The minimum Gasteiger partial charge on any atom is -0.379 e. The first kappa shape index (κ1) is 12.9. The fourth-order valence-corrected chi connectivity index (χ4v) is 1.50. The summed E-state index contributed by atoms with van der Waals surface area (Å²) in [6.07, 6.45) is 3.45. The lowest BCUT2D eigenvalue weighted by atomic mass is 10.2. The van der Waals surface area contributed by atoms with E-state index in [1.165, 1.54) is 26.1 Å². The van der Waals surface area contributed by atoms with Crippen molar-refractivity contribution < 1.29 is 9.47 Å². The quantitative estimate of drug-likeness (QED) is 0.539. The van der Waals surface area contributed by atoms with Gasteiger partial charge in [-0.05, 0) is 38.9 Å². The Morgan fingerprint density at radius 1 is 0.933 bits per heavy atom. The van der Waals surface area contributed by atoms with Crippen LogP contribution in [-0.4, -0.2) is 57.5 Å². The molecule has 0 aromatic carbocycles. The molecular formula is C11H24N2O2. The fourth-order valence-electron chi connectivity index (χ4n) is 1.50. The first-order valence-corrected chi connectivity index (χ1v) is 6.01. The van der Waals surface area contributed by atoms with E-state index in [4.69, 9.17) is 15.2 Å². The lowest BCUT2D eigenvalue weighted by Gasteiger charge is -2.30. The molecular weight excluding hydrogens is 192 g/mol. The maximum atomic E-state index is 5.45. The molecule has 0 aliphatic carbocycles. The Labute approximate surface area is 92.7 Å². The third kappa shape index (κ3) is 6.84. The second-order valence-corrected chi connectivity index (χ2v) is 3.92. The van der Waals surface area contributed by atoms with Crippen LogP contribution in [0.3, 0.4) is 0 Å². The highest BCUT2D eigenvalue weighted by Gasteiger charge is 2.11. The summed E-state index contributed by atoms with van der Waals surface area (Å²) in [6.45, 7) is 7.48. The summed E-state index contributed by atoms with van der Waals surface area (Å²) >= 11 is 0. The van der Waals surface area contributed by atoms with Crippen molar-refractivity contribution in [1.82, 2.24) is 4.90 Å². The monoisotopic (exact) mass is 216 g/mol. The molecule has 1 aliphatic rings. The Bertz CT molecular complexity index is 141. The van der Waals surface area contributed by atoms with Crippen molar-refractivity contribution in [2.24, 2.45) is 5.73 Å². The molecule has 0 saturated carbocycles. The largest absolute Gasteiger partial charge is 0.379 e. The molecule has 2 N–H and O–H groups in total. The molecule has 0 atom stereocenters. The number of likely N-dealkylation sites (tertiary alicyclic amines) is 1. The van der Waals surface area contributed by atoms with Crippen LogP contribution in [0.2, 0.25) is 0 Å². The lowest BCUT2D eigenvalue weighted by molar-refractivity contribution is 0.0416. The molecule has 90 valence electrons. The van der Waals surface area contributed by atoms with Gasteiger partial charge in [0.2, 0.25) is 0 Å². The predicted molar refractivity (Wildman–Crippen MR) is 61.0 cm³/mol. The Balaban J connectivity index is 1.66. The van der Waals surface area contributed by atoms with Crippen molar-refractivity contribution in [3.63, 3.8) is 0 Å². The number of ether oxygens (including phenoxy) is 2. The molecule has 15 heavy (non-hydrogen) atoms. The summed E-state index contributed by atoms with van der Waals surface area (Å²) in [7, 11) is 0. The maximum absolute atomic E-state index is 5.45. The molecule has 1 heterocycles. The number of nitrogens with two attached hydrogens (primary N) is 1.